The molecule has 0 aliphatic rings. The van der Waals surface area contributed by atoms with Gasteiger partial charge in [-0.2, -0.15) is 0 Å². The summed E-state index contributed by atoms with van der Waals surface area (Å²) in [6.45, 7) is 3.35. The number of hydrogen-bond acceptors (Lipinski definition) is 4. The van der Waals surface area contributed by atoms with Gasteiger partial charge in [-0.15, -0.1) is 0 Å². The van der Waals surface area contributed by atoms with Crippen molar-refractivity contribution in [2.24, 2.45) is 0 Å². The second kappa shape index (κ2) is 7.64. The molecule has 0 N–H and O–H groups in total. The van der Waals surface area contributed by atoms with Gasteiger partial charge in [-0.1, -0.05) is 19.4 Å². The molecule has 0 aliphatic carbocycles. The minimum Gasteiger partial charge on any atom is -0.333 e. The van der Waals surface area contributed by atoms with E-state index in [9.17, 15) is 4.79 Å². The number of aromatic nitrogens is 3. The van der Waals surface area contributed by atoms with E-state index < -0.39 is 0 Å². The smallest absolute Gasteiger partial charge is 0.272 e. The number of nitrogens with zero attached hydrogens (tertiary/aromatic N) is 4. The third-order valence-corrected chi connectivity index (χ3v) is 3.85. The number of carbonyl (C=O) groups excluding carboxylic acids is 1. The fraction of sp³-hybridized carbons (Fsp3) is 0.263. The Bertz CT molecular complexity index is 820. The lowest BCUT2D eigenvalue weighted by Crippen LogP contribution is -2.32. The summed E-state index contributed by atoms with van der Waals surface area (Å²) < 4.78 is 0. The van der Waals surface area contributed by atoms with Gasteiger partial charge in [0.05, 0.1) is 0 Å². The van der Waals surface area contributed by atoms with Crippen molar-refractivity contribution < 1.29 is 4.79 Å². The first-order valence-electron chi connectivity index (χ1n) is 8.18. The molecule has 0 saturated heterocycles. The van der Waals surface area contributed by atoms with E-state index in [4.69, 9.17) is 0 Å². The first kappa shape index (κ1) is 16.1. The van der Waals surface area contributed by atoms with E-state index in [1.54, 1.807) is 24.7 Å². The lowest BCUT2D eigenvalue weighted by atomic mass is 10.2. The standard InChI is InChI=1S/C19H20N4O/c1-2-3-12-23(14-15-6-4-10-20-13-15)19(24)17-9-8-16-7-5-11-21-18(16)22-17/h4-11,13H,2-3,12,14H2,1H3. The molecule has 1 amide bonds. The van der Waals surface area contributed by atoms with Gasteiger partial charge in [-0.05, 0) is 42.3 Å². The number of fused-ring (bicyclic) bond motifs is 1. The van der Waals surface area contributed by atoms with Crippen molar-refractivity contribution in [3.05, 3.63) is 66.2 Å². The third-order valence-electron chi connectivity index (χ3n) is 3.85. The first-order valence-corrected chi connectivity index (χ1v) is 8.18. The molecule has 3 rings (SSSR count). The van der Waals surface area contributed by atoms with Crippen LogP contribution in [-0.4, -0.2) is 32.3 Å². The van der Waals surface area contributed by atoms with Gasteiger partial charge in [-0.3, -0.25) is 9.78 Å². The van der Waals surface area contributed by atoms with Crippen LogP contribution in [0, 0.1) is 0 Å². The Morgan fingerprint density at radius 2 is 2.00 bits per heavy atom. The van der Waals surface area contributed by atoms with Crippen LogP contribution in [0.15, 0.2) is 55.0 Å². The molecule has 3 aromatic rings. The largest absolute Gasteiger partial charge is 0.333 e. The van der Waals surface area contributed by atoms with Gasteiger partial charge >= 0.3 is 0 Å². The molecule has 0 unspecified atom stereocenters. The van der Waals surface area contributed by atoms with Gasteiger partial charge in [0, 0.05) is 37.1 Å². The molecule has 0 aromatic carbocycles. The first-order chi connectivity index (χ1) is 11.8. The number of carbonyl (C=O) groups is 1. The summed E-state index contributed by atoms with van der Waals surface area (Å²) >= 11 is 0. The number of amides is 1. The molecule has 0 aliphatic heterocycles. The van der Waals surface area contributed by atoms with Crippen molar-refractivity contribution in [3.8, 4) is 0 Å². The molecule has 0 spiro atoms. The number of unbranched alkanes of at least 4 members (excludes halogenated alkanes) is 1. The summed E-state index contributed by atoms with van der Waals surface area (Å²) in [5.74, 6) is -0.0696. The van der Waals surface area contributed by atoms with E-state index in [0.29, 0.717) is 24.4 Å². The lowest BCUT2D eigenvalue weighted by Gasteiger charge is -2.22. The van der Waals surface area contributed by atoms with Crippen molar-refractivity contribution in [3.63, 3.8) is 0 Å². The Morgan fingerprint density at radius 3 is 2.79 bits per heavy atom. The molecule has 24 heavy (non-hydrogen) atoms. The maximum Gasteiger partial charge on any atom is 0.272 e. The zero-order chi connectivity index (χ0) is 16.8. The summed E-state index contributed by atoms with van der Waals surface area (Å²) in [6, 6.07) is 11.3. The maximum absolute atomic E-state index is 12.9. The third kappa shape index (κ3) is 3.74. The van der Waals surface area contributed by atoms with E-state index >= 15 is 0 Å². The van der Waals surface area contributed by atoms with Crippen molar-refractivity contribution in [1.82, 2.24) is 19.9 Å². The summed E-state index contributed by atoms with van der Waals surface area (Å²) in [4.78, 5) is 27.5. The average molecular weight is 320 g/mol. The van der Waals surface area contributed by atoms with Gasteiger partial charge in [0.1, 0.15) is 5.69 Å². The summed E-state index contributed by atoms with van der Waals surface area (Å²) in [5.41, 5.74) is 2.04. The molecule has 0 bridgehead atoms. The van der Waals surface area contributed by atoms with Crippen LogP contribution in [0.5, 0.6) is 0 Å². The van der Waals surface area contributed by atoms with Crippen LogP contribution in [0.1, 0.15) is 35.8 Å². The molecule has 0 fully saturated rings. The summed E-state index contributed by atoms with van der Waals surface area (Å²) in [6.07, 6.45) is 7.20. The Labute approximate surface area is 141 Å². The predicted octanol–water partition coefficient (Wildman–Crippen LogP) is 3.47. The lowest BCUT2D eigenvalue weighted by molar-refractivity contribution is 0.0735. The van der Waals surface area contributed by atoms with Crippen LogP contribution in [0.25, 0.3) is 11.0 Å². The fourth-order valence-corrected chi connectivity index (χ4v) is 2.55. The molecule has 0 saturated carbocycles. The van der Waals surface area contributed by atoms with Crippen LogP contribution < -0.4 is 0 Å². The molecule has 3 heterocycles. The van der Waals surface area contributed by atoms with Crippen LogP contribution in [0.2, 0.25) is 0 Å². The molecule has 0 atom stereocenters. The van der Waals surface area contributed by atoms with Gasteiger partial charge in [0.15, 0.2) is 5.65 Å². The topological polar surface area (TPSA) is 59.0 Å². The van der Waals surface area contributed by atoms with Crippen molar-refractivity contribution >= 4 is 16.9 Å². The van der Waals surface area contributed by atoms with Gasteiger partial charge < -0.3 is 4.90 Å². The monoisotopic (exact) mass is 320 g/mol. The SMILES string of the molecule is CCCCN(Cc1cccnc1)C(=O)c1ccc2cccnc2n1. The van der Waals surface area contributed by atoms with E-state index in [-0.39, 0.29) is 5.91 Å². The van der Waals surface area contributed by atoms with Crippen molar-refractivity contribution in [2.75, 3.05) is 6.54 Å². The number of pyridine rings is 3. The summed E-state index contributed by atoms with van der Waals surface area (Å²) in [5, 5.41) is 0.932. The Hall–Kier alpha value is -2.82. The van der Waals surface area contributed by atoms with E-state index in [0.717, 1.165) is 23.8 Å². The highest BCUT2D eigenvalue weighted by Crippen LogP contribution is 2.13. The number of hydrogen-bond donors (Lipinski definition) is 0. The second-order valence-electron chi connectivity index (χ2n) is 5.69. The Morgan fingerprint density at radius 1 is 1.12 bits per heavy atom. The van der Waals surface area contributed by atoms with E-state index in [1.807, 2.05) is 35.2 Å². The van der Waals surface area contributed by atoms with Gasteiger partial charge in [0.25, 0.3) is 5.91 Å². The molecule has 5 nitrogen and oxygen atoms in total. The highest BCUT2D eigenvalue weighted by atomic mass is 16.2. The second-order valence-corrected chi connectivity index (χ2v) is 5.69. The molecule has 5 heteroatoms. The number of rotatable bonds is 6. The molecule has 0 radical (unpaired) electrons. The fourth-order valence-electron chi connectivity index (χ4n) is 2.55. The molecule has 122 valence electrons. The summed E-state index contributed by atoms with van der Waals surface area (Å²) in [7, 11) is 0. The van der Waals surface area contributed by atoms with Gasteiger partial charge in [0.2, 0.25) is 0 Å². The molecular formula is C19H20N4O. The molecular weight excluding hydrogens is 300 g/mol. The highest BCUT2D eigenvalue weighted by molar-refractivity contribution is 5.94. The van der Waals surface area contributed by atoms with Crippen LogP contribution in [0.3, 0.4) is 0 Å². The van der Waals surface area contributed by atoms with Crippen molar-refractivity contribution in [1.29, 1.82) is 0 Å². The Kier molecular flexibility index (Phi) is 5.11. The average Bonchev–Trinajstić information content (AvgIpc) is 2.65. The van der Waals surface area contributed by atoms with E-state index in [1.165, 1.54) is 0 Å². The van der Waals surface area contributed by atoms with Gasteiger partial charge in [-0.25, -0.2) is 9.97 Å². The highest BCUT2D eigenvalue weighted by Gasteiger charge is 2.17. The zero-order valence-electron chi connectivity index (χ0n) is 13.7. The predicted molar refractivity (Wildman–Crippen MR) is 93.4 cm³/mol. The maximum atomic E-state index is 12.9. The Balaban J connectivity index is 1.85. The quantitative estimate of drug-likeness (QED) is 0.698. The van der Waals surface area contributed by atoms with Crippen LogP contribution in [-0.2, 0) is 6.54 Å². The van der Waals surface area contributed by atoms with Crippen LogP contribution >= 0.6 is 0 Å². The minimum absolute atomic E-state index is 0.0696. The normalized spacial score (nSPS) is 10.7. The molecule has 3 aromatic heterocycles. The zero-order valence-corrected chi connectivity index (χ0v) is 13.7. The van der Waals surface area contributed by atoms with Crippen LogP contribution in [0.4, 0.5) is 0 Å². The van der Waals surface area contributed by atoms with E-state index in [2.05, 4.69) is 21.9 Å². The van der Waals surface area contributed by atoms with Crippen molar-refractivity contribution in [2.45, 2.75) is 26.3 Å². The minimum atomic E-state index is -0.0696.